The van der Waals surface area contributed by atoms with E-state index in [1.54, 1.807) is 20.8 Å². The van der Waals surface area contributed by atoms with Crippen LogP contribution in [0.2, 0.25) is 0 Å². The van der Waals surface area contributed by atoms with E-state index in [4.69, 9.17) is 15.6 Å². The van der Waals surface area contributed by atoms with Gasteiger partial charge in [-0.3, -0.25) is 4.79 Å². The average Bonchev–Trinajstić information content (AvgIpc) is 2.28. The topological polar surface area (TPSA) is 110 Å². The molecule has 1 aromatic rings. The number of carbonyl (C=O) groups excluding carboxylic acids is 1. The Morgan fingerprint density at radius 3 is 2.45 bits per heavy atom. The Hall–Kier alpha value is -2.08. The molecule has 4 N–H and O–H groups in total. The first kappa shape index (κ1) is 16.0. The first-order valence-corrected chi connectivity index (χ1v) is 6.14. The molecule has 0 bridgehead atoms. The highest BCUT2D eigenvalue weighted by Crippen LogP contribution is 2.21. The zero-order valence-corrected chi connectivity index (χ0v) is 11.7. The van der Waals surface area contributed by atoms with E-state index < -0.39 is 23.6 Å². The highest BCUT2D eigenvalue weighted by atomic mass is 16.6. The fourth-order valence-electron chi connectivity index (χ4n) is 1.59. The van der Waals surface area contributed by atoms with Crippen LogP contribution in [0.3, 0.4) is 0 Å². The maximum Gasteiger partial charge on any atom is 0.339 e. The van der Waals surface area contributed by atoms with Gasteiger partial charge in [-0.25, -0.2) is 4.79 Å². The quantitative estimate of drug-likeness (QED) is 0.718. The zero-order valence-electron chi connectivity index (χ0n) is 11.7. The van der Waals surface area contributed by atoms with Gasteiger partial charge >= 0.3 is 11.9 Å². The summed E-state index contributed by atoms with van der Waals surface area (Å²) in [6.45, 7) is 5.16. The predicted octanol–water partition coefficient (Wildman–Crippen LogP) is 1.30. The second kappa shape index (κ2) is 5.92. The summed E-state index contributed by atoms with van der Waals surface area (Å²) in [5, 5.41) is 18.3. The number of carboxylic acid groups (broad SMARTS) is 1. The van der Waals surface area contributed by atoms with Gasteiger partial charge in [0.05, 0.1) is 5.56 Å². The van der Waals surface area contributed by atoms with E-state index in [1.165, 1.54) is 18.2 Å². The lowest BCUT2D eigenvalue weighted by Gasteiger charge is -2.21. The van der Waals surface area contributed by atoms with Crippen LogP contribution >= 0.6 is 0 Å². The van der Waals surface area contributed by atoms with Crippen LogP contribution in [0.15, 0.2) is 18.2 Å². The van der Waals surface area contributed by atoms with Gasteiger partial charge in [0.25, 0.3) is 0 Å². The van der Waals surface area contributed by atoms with Crippen molar-refractivity contribution in [2.75, 3.05) is 0 Å². The number of carboxylic acids is 1. The molecule has 6 heteroatoms. The van der Waals surface area contributed by atoms with Gasteiger partial charge in [-0.2, -0.15) is 0 Å². The largest absolute Gasteiger partial charge is 0.508 e. The van der Waals surface area contributed by atoms with Gasteiger partial charge in [0, 0.05) is 0 Å². The molecule has 0 radical (unpaired) electrons. The van der Waals surface area contributed by atoms with Crippen LogP contribution in [0.4, 0.5) is 0 Å². The van der Waals surface area contributed by atoms with Gasteiger partial charge < -0.3 is 20.7 Å². The van der Waals surface area contributed by atoms with Crippen LogP contribution in [0.5, 0.6) is 5.75 Å². The Morgan fingerprint density at radius 1 is 1.35 bits per heavy atom. The van der Waals surface area contributed by atoms with Crippen molar-refractivity contribution in [2.24, 2.45) is 5.73 Å². The van der Waals surface area contributed by atoms with Crippen LogP contribution in [0, 0.1) is 0 Å². The second-order valence-corrected chi connectivity index (χ2v) is 5.49. The standard InChI is InChI=1S/C14H19NO5/c1-14(2,3)20-13(19)10-7-9(16)5-4-8(10)6-11(15)12(17)18/h4-5,7,11,16H,6,15H2,1-3H3,(H,17,18). The van der Waals surface area contributed by atoms with Crippen molar-refractivity contribution in [3.05, 3.63) is 29.3 Å². The fourth-order valence-corrected chi connectivity index (χ4v) is 1.59. The lowest BCUT2D eigenvalue weighted by atomic mass is 10.00. The van der Waals surface area contributed by atoms with E-state index in [2.05, 4.69) is 0 Å². The Morgan fingerprint density at radius 2 is 1.95 bits per heavy atom. The molecule has 1 rings (SSSR count). The number of esters is 1. The van der Waals surface area contributed by atoms with Gasteiger partial charge in [0.2, 0.25) is 0 Å². The number of carbonyl (C=O) groups is 2. The first-order chi connectivity index (χ1) is 9.10. The number of rotatable bonds is 4. The number of ether oxygens (including phenoxy) is 1. The first-order valence-electron chi connectivity index (χ1n) is 6.14. The maximum absolute atomic E-state index is 12.1. The highest BCUT2D eigenvalue weighted by molar-refractivity contribution is 5.92. The summed E-state index contributed by atoms with van der Waals surface area (Å²) in [6.07, 6.45) is -0.0236. The molecule has 0 aromatic heterocycles. The lowest BCUT2D eigenvalue weighted by molar-refractivity contribution is -0.138. The van der Waals surface area contributed by atoms with Crippen LogP contribution in [0.25, 0.3) is 0 Å². The van der Waals surface area contributed by atoms with Gasteiger partial charge in [-0.1, -0.05) is 6.07 Å². The molecule has 0 aliphatic carbocycles. The number of nitrogens with two attached hydrogens (primary N) is 1. The fraction of sp³-hybridized carbons (Fsp3) is 0.429. The minimum atomic E-state index is -1.16. The monoisotopic (exact) mass is 281 g/mol. The number of phenolic OH excluding ortho intramolecular Hbond substituents is 1. The molecule has 6 nitrogen and oxygen atoms in total. The Bertz CT molecular complexity index is 519. The van der Waals surface area contributed by atoms with Gasteiger partial charge in [0.15, 0.2) is 0 Å². The van der Waals surface area contributed by atoms with Crippen LogP contribution in [0.1, 0.15) is 36.7 Å². The number of hydrogen-bond donors (Lipinski definition) is 3. The van der Waals surface area contributed by atoms with E-state index in [-0.39, 0.29) is 17.7 Å². The van der Waals surface area contributed by atoms with Crippen LogP contribution in [-0.4, -0.2) is 33.8 Å². The number of aliphatic carboxylic acids is 1. The summed E-state index contributed by atoms with van der Waals surface area (Å²) >= 11 is 0. The predicted molar refractivity (Wildman–Crippen MR) is 72.6 cm³/mol. The van der Waals surface area contributed by atoms with Crippen molar-refractivity contribution in [3.63, 3.8) is 0 Å². The summed E-state index contributed by atoms with van der Waals surface area (Å²) in [7, 11) is 0. The molecule has 1 aromatic carbocycles. The van der Waals surface area contributed by atoms with Crippen LogP contribution < -0.4 is 5.73 Å². The number of hydrogen-bond acceptors (Lipinski definition) is 5. The van der Waals surface area contributed by atoms with Gasteiger partial charge in [-0.05, 0) is 44.9 Å². The SMILES string of the molecule is CC(C)(C)OC(=O)c1cc(O)ccc1CC(N)C(=O)O. The molecule has 1 atom stereocenters. The average molecular weight is 281 g/mol. The van der Waals surface area contributed by atoms with E-state index >= 15 is 0 Å². The van der Waals surface area contributed by atoms with Crippen molar-refractivity contribution in [1.29, 1.82) is 0 Å². The van der Waals surface area contributed by atoms with E-state index in [0.717, 1.165) is 0 Å². The van der Waals surface area contributed by atoms with Crippen molar-refractivity contribution in [1.82, 2.24) is 0 Å². The molecule has 1 unspecified atom stereocenters. The normalized spacial score (nSPS) is 12.8. The summed E-state index contributed by atoms with van der Waals surface area (Å²) in [5.41, 5.74) is 5.33. The molecule has 0 aliphatic heterocycles. The molecule has 0 fully saturated rings. The third-order valence-corrected chi connectivity index (χ3v) is 2.47. The van der Waals surface area contributed by atoms with Crippen molar-refractivity contribution < 1.29 is 24.5 Å². The minimum absolute atomic E-state index is 0.0236. The molecule has 0 heterocycles. The molecular weight excluding hydrogens is 262 g/mol. The Kier molecular flexibility index (Phi) is 4.73. The summed E-state index contributed by atoms with van der Waals surface area (Å²) in [5.74, 6) is -1.88. The highest BCUT2D eigenvalue weighted by Gasteiger charge is 2.23. The maximum atomic E-state index is 12.1. The van der Waals surface area contributed by atoms with Crippen molar-refractivity contribution in [2.45, 2.75) is 38.8 Å². The number of phenols is 1. The molecule has 0 amide bonds. The molecule has 0 spiro atoms. The molecule has 0 saturated carbocycles. The lowest BCUT2D eigenvalue weighted by Crippen LogP contribution is -2.33. The third kappa shape index (κ3) is 4.55. The van der Waals surface area contributed by atoms with Gasteiger partial charge in [0.1, 0.15) is 17.4 Å². The number of benzene rings is 1. The molecule has 20 heavy (non-hydrogen) atoms. The minimum Gasteiger partial charge on any atom is -0.508 e. The molecular formula is C14H19NO5. The summed E-state index contributed by atoms with van der Waals surface area (Å²) in [6, 6.07) is 2.97. The smallest absolute Gasteiger partial charge is 0.339 e. The summed E-state index contributed by atoms with van der Waals surface area (Å²) in [4.78, 5) is 22.9. The second-order valence-electron chi connectivity index (χ2n) is 5.49. The Balaban J connectivity index is 3.07. The van der Waals surface area contributed by atoms with Crippen molar-refractivity contribution in [3.8, 4) is 5.75 Å². The van der Waals surface area contributed by atoms with E-state index in [1.807, 2.05) is 0 Å². The van der Waals surface area contributed by atoms with Gasteiger partial charge in [-0.15, -0.1) is 0 Å². The number of aromatic hydroxyl groups is 1. The van der Waals surface area contributed by atoms with Crippen LogP contribution in [-0.2, 0) is 16.0 Å². The summed E-state index contributed by atoms with van der Waals surface area (Å²) < 4.78 is 5.22. The van der Waals surface area contributed by atoms with E-state index in [0.29, 0.717) is 5.56 Å². The molecule has 0 saturated heterocycles. The zero-order chi connectivity index (χ0) is 15.5. The van der Waals surface area contributed by atoms with Crippen molar-refractivity contribution >= 4 is 11.9 Å². The Labute approximate surface area is 117 Å². The molecule has 0 aliphatic rings. The van der Waals surface area contributed by atoms with E-state index in [9.17, 15) is 14.7 Å². The molecule has 110 valence electrons. The third-order valence-electron chi connectivity index (χ3n) is 2.47.